The Morgan fingerprint density at radius 2 is 2.15 bits per heavy atom. The number of nitrogens with one attached hydrogen (secondary N) is 1. The van der Waals surface area contributed by atoms with E-state index in [2.05, 4.69) is 10.4 Å². The summed E-state index contributed by atoms with van der Waals surface area (Å²) < 4.78 is 1.78. The summed E-state index contributed by atoms with van der Waals surface area (Å²) in [6.45, 7) is 2.89. The highest BCUT2D eigenvalue weighted by molar-refractivity contribution is 5.73. The van der Waals surface area contributed by atoms with E-state index in [1.807, 2.05) is 43.7 Å². The number of benzene rings is 1. The van der Waals surface area contributed by atoms with Crippen LogP contribution in [-0.4, -0.2) is 27.6 Å². The Morgan fingerprint density at radius 3 is 2.80 bits per heavy atom. The van der Waals surface area contributed by atoms with E-state index in [4.69, 9.17) is 0 Å². The molecule has 5 heteroatoms. The highest BCUT2D eigenvalue weighted by Gasteiger charge is 2.07. The average molecular weight is 272 g/mol. The molecule has 1 heterocycles. The molecule has 0 aliphatic heterocycles. The molecule has 0 fully saturated rings. The fourth-order valence-corrected chi connectivity index (χ4v) is 1.96. The molecule has 1 aromatic carbocycles. The predicted molar refractivity (Wildman–Crippen MR) is 79.1 cm³/mol. The van der Waals surface area contributed by atoms with E-state index in [0.717, 1.165) is 16.8 Å². The smallest absolute Gasteiger partial charge is 0.219 e. The molecule has 0 saturated heterocycles. The van der Waals surface area contributed by atoms with Crippen LogP contribution in [0.4, 0.5) is 5.69 Å². The normalized spacial score (nSPS) is 10.3. The van der Waals surface area contributed by atoms with Crippen LogP contribution in [0.15, 0.2) is 36.7 Å². The summed E-state index contributed by atoms with van der Waals surface area (Å²) in [6, 6.07) is 8.03. The van der Waals surface area contributed by atoms with Crippen molar-refractivity contribution in [3.05, 3.63) is 47.8 Å². The Bertz CT molecular complexity index is 591. The van der Waals surface area contributed by atoms with Gasteiger partial charge in [-0.25, -0.2) is 0 Å². The number of carbonyl (C=O) groups is 1. The van der Waals surface area contributed by atoms with Crippen LogP contribution in [0.2, 0.25) is 0 Å². The van der Waals surface area contributed by atoms with E-state index >= 15 is 0 Å². The number of aryl methyl sites for hydroxylation is 1. The molecule has 0 spiro atoms. The molecule has 20 heavy (non-hydrogen) atoms. The second-order valence-corrected chi connectivity index (χ2v) is 4.91. The zero-order valence-electron chi connectivity index (χ0n) is 12.1. The first kappa shape index (κ1) is 14.1. The van der Waals surface area contributed by atoms with Gasteiger partial charge in [-0.05, 0) is 11.6 Å². The van der Waals surface area contributed by atoms with E-state index < -0.39 is 0 Å². The largest absolute Gasteiger partial charge is 0.381 e. The molecule has 0 bridgehead atoms. The lowest BCUT2D eigenvalue weighted by Crippen LogP contribution is -2.23. The van der Waals surface area contributed by atoms with Gasteiger partial charge in [0.2, 0.25) is 5.91 Å². The third kappa shape index (κ3) is 3.60. The van der Waals surface area contributed by atoms with Crippen molar-refractivity contribution in [2.75, 3.05) is 12.4 Å². The lowest BCUT2D eigenvalue weighted by atomic mass is 10.1. The second kappa shape index (κ2) is 6.23. The van der Waals surface area contributed by atoms with Crippen LogP contribution >= 0.6 is 0 Å². The first-order chi connectivity index (χ1) is 9.56. The van der Waals surface area contributed by atoms with Crippen molar-refractivity contribution >= 4 is 11.6 Å². The summed E-state index contributed by atoms with van der Waals surface area (Å²) in [5, 5.41) is 7.54. The lowest BCUT2D eigenvalue weighted by Gasteiger charge is -2.18. The summed E-state index contributed by atoms with van der Waals surface area (Å²) in [5.41, 5.74) is 3.28. The van der Waals surface area contributed by atoms with Gasteiger partial charge in [0.15, 0.2) is 0 Å². The van der Waals surface area contributed by atoms with E-state index in [-0.39, 0.29) is 5.91 Å². The molecule has 0 aliphatic rings. The molecule has 0 radical (unpaired) electrons. The first-order valence-corrected chi connectivity index (χ1v) is 6.57. The van der Waals surface area contributed by atoms with Gasteiger partial charge < -0.3 is 10.2 Å². The Kier molecular flexibility index (Phi) is 4.40. The number of para-hydroxylation sites is 1. The summed E-state index contributed by atoms with van der Waals surface area (Å²) in [6.07, 6.45) is 3.83. The molecule has 1 N–H and O–H groups in total. The van der Waals surface area contributed by atoms with Crippen molar-refractivity contribution in [3.63, 3.8) is 0 Å². The maximum absolute atomic E-state index is 11.3. The van der Waals surface area contributed by atoms with Crippen LogP contribution < -0.4 is 5.32 Å². The van der Waals surface area contributed by atoms with Crippen LogP contribution in [0, 0.1) is 0 Å². The molecule has 0 atom stereocenters. The topological polar surface area (TPSA) is 50.2 Å². The van der Waals surface area contributed by atoms with Crippen LogP contribution in [0.5, 0.6) is 0 Å². The zero-order chi connectivity index (χ0) is 14.5. The minimum absolute atomic E-state index is 0.0621. The van der Waals surface area contributed by atoms with Gasteiger partial charge in [-0.1, -0.05) is 18.2 Å². The number of amides is 1. The number of carbonyl (C=O) groups excluding carboxylic acids is 1. The summed E-state index contributed by atoms with van der Waals surface area (Å²) in [5.74, 6) is 0.0621. The third-order valence-electron chi connectivity index (χ3n) is 3.20. The molecule has 0 unspecified atom stereocenters. The predicted octanol–water partition coefficient (Wildman–Crippen LogP) is 2.01. The Morgan fingerprint density at radius 1 is 1.40 bits per heavy atom. The van der Waals surface area contributed by atoms with Gasteiger partial charge in [0, 0.05) is 51.6 Å². The minimum atomic E-state index is 0.0621. The van der Waals surface area contributed by atoms with Crippen LogP contribution in [0.3, 0.4) is 0 Å². The van der Waals surface area contributed by atoms with Crippen molar-refractivity contribution in [3.8, 4) is 0 Å². The van der Waals surface area contributed by atoms with Gasteiger partial charge in [0.25, 0.3) is 0 Å². The van der Waals surface area contributed by atoms with Gasteiger partial charge in [-0.3, -0.25) is 9.48 Å². The standard InChI is InChI=1S/C15H20N4O/c1-12(20)18(2)11-14-6-4-5-7-15(14)16-8-13-9-17-19(3)10-13/h4-7,9-10,16H,8,11H2,1-3H3. The monoisotopic (exact) mass is 272 g/mol. The second-order valence-electron chi connectivity index (χ2n) is 4.91. The Hall–Kier alpha value is -2.30. The van der Waals surface area contributed by atoms with Crippen molar-refractivity contribution in [1.29, 1.82) is 0 Å². The van der Waals surface area contributed by atoms with Gasteiger partial charge in [-0.15, -0.1) is 0 Å². The number of anilines is 1. The Balaban J connectivity index is 2.05. The van der Waals surface area contributed by atoms with Gasteiger partial charge in [0.05, 0.1) is 6.20 Å². The molecule has 1 amide bonds. The molecule has 1 aromatic heterocycles. The third-order valence-corrected chi connectivity index (χ3v) is 3.20. The Labute approximate surface area is 119 Å². The molecule has 2 rings (SSSR count). The van der Waals surface area contributed by atoms with Gasteiger partial charge >= 0.3 is 0 Å². The zero-order valence-corrected chi connectivity index (χ0v) is 12.1. The molecule has 106 valence electrons. The fraction of sp³-hybridized carbons (Fsp3) is 0.333. The van der Waals surface area contributed by atoms with Crippen LogP contribution in [0.1, 0.15) is 18.1 Å². The van der Waals surface area contributed by atoms with Crippen LogP contribution in [0.25, 0.3) is 0 Å². The molecule has 5 nitrogen and oxygen atoms in total. The average Bonchev–Trinajstić information content (AvgIpc) is 2.83. The highest BCUT2D eigenvalue weighted by atomic mass is 16.2. The number of aromatic nitrogens is 2. The van der Waals surface area contributed by atoms with E-state index in [0.29, 0.717) is 13.1 Å². The summed E-state index contributed by atoms with van der Waals surface area (Å²) in [7, 11) is 3.71. The van der Waals surface area contributed by atoms with Gasteiger partial charge in [0.1, 0.15) is 0 Å². The number of hydrogen-bond donors (Lipinski definition) is 1. The molecule has 2 aromatic rings. The molecule has 0 saturated carbocycles. The SMILES string of the molecule is CC(=O)N(C)Cc1ccccc1NCc1cnn(C)c1. The van der Waals surface area contributed by atoms with Crippen molar-refractivity contribution < 1.29 is 4.79 Å². The number of rotatable bonds is 5. The lowest BCUT2D eigenvalue weighted by molar-refractivity contribution is -0.128. The van der Waals surface area contributed by atoms with E-state index in [1.165, 1.54) is 0 Å². The minimum Gasteiger partial charge on any atom is -0.381 e. The summed E-state index contributed by atoms with van der Waals surface area (Å²) in [4.78, 5) is 13.0. The van der Waals surface area contributed by atoms with Crippen molar-refractivity contribution in [2.45, 2.75) is 20.0 Å². The highest BCUT2D eigenvalue weighted by Crippen LogP contribution is 2.17. The van der Waals surface area contributed by atoms with Crippen molar-refractivity contribution in [1.82, 2.24) is 14.7 Å². The quantitative estimate of drug-likeness (QED) is 0.906. The fourth-order valence-electron chi connectivity index (χ4n) is 1.96. The summed E-state index contributed by atoms with van der Waals surface area (Å²) >= 11 is 0. The molecular weight excluding hydrogens is 252 g/mol. The molecular formula is C15H20N4O. The maximum Gasteiger partial charge on any atom is 0.219 e. The number of hydrogen-bond acceptors (Lipinski definition) is 3. The van der Waals surface area contributed by atoms with E-state index in [9.17, 15) is 4.79 Å². The van der Waals surface area contributed by atoms with Crippen LogP contribution in [-0.2, 0) is 24.9 Å². The van der Waals surface area contributed by atoms with Gasteiger partial charge in [-0.2, -0.15) is 5.10 Å². The first-order valence-electron chi connectivity index (χ1n) is 6.57. The van der Waals surface area contributed by atoms with Crippen molar-refractivity contribution in [2.24, 2.45) is 7.05 Å². The maximum atomic E-state index is 11.3. The molecule has 0 aliphatic carbocycles. The van der Waals surface area contributed by atoms with E-state index in [1.54, 1.807) is 23.6 Å². The number of nitrogens with zero attached hydrogens (tertiary/aromatic N) is 3.